The SMILES string of the molecule is C[C@@H](NC(=O)N[C@H]1CC[C@H](CCN2C3CC(OC(=O)C(CO)c4ccccc4)CC2C2OC23)CC1)C(O)(c1ccccc1)c1ccccc1. The van der Waals surface area contributed by atoms with Crippen LogP contribution in [-0.4, -0.2) is 82.7 Å². The van der Waals surface area contributed by atoms with Crippen molar-refractivity contribution in [3.8, 4) is 0 Å². The number of carbonyl (C=O) groups excluding carboxylic acids is 2. The molecule has 0 aromatic heterocycles. The number of nitrogens with one attached hydrogen (secondary N) is 2. The zero-order valence-electron chi connectivity index (χ0n) is 28.2. The summed E-state index contributed by atoms with van der Waals surface area (Å²) in [6.45, 7) is 2.59. The average molecular weight is 668 g/mol. The first-order valence-electron chi connectivity index (χ1n) is 18.0. The highest BCUT2D eigenvalue weighted by molar-refractivity contribution is 5.78. The minimum Gasteiger partial charge on any atom is -0.462 e. The van der Waals surface area contributed by atoms with Crippen molar-refractivity contribution in [1.82, 2.24) is 15.5 Å². The van der Waals surface area contributed by atoms with Crippen LogP contribution < -0.4 is 10.6 Å². The molecule has 5 unspecified atom stereocenters. The highest BCUT2D eigenvalue weighted by Gasteiger charge is 2.63. The van der Waals surface area contributed by atoms with E-state index in [2.05, 4.69) is 15.5 Å². The van der Waals surface area contributed by atoms with Gasteiger partial charge in [0.05, 0.1) is 12.6 Å². The Kier molecular flexibility index (Phi) is 10.1. The standard InChI is InChI=1S/C40H49N3O6/c1-26(40(47,29-13-7-3-8-14-29)30-15-9-4-10-16-30)41-39(46)42-31-19-17-27(18-20-31)21-22-43-34-23-32(24-35(43)37-36(34)49-37)48-38(45)33(25-44)28-11-5-2-6-12-28/h2-16,26-27,31-37,44,47H,17-25H2,1H3,(H2,41,42,46)/t26-,27-,31-,32?,33?,34?,35?,36?,37?/m1/s1. The Morgan fingerprint density at radius 3 is 1.98 bits per heavy atom. The molecular formula is C40H49N3O6. The lowest BCUT2D eigenvalue weighted by Crippen LogP contribution is -2.54. The molecule has 1 aliphatic carbocycles. The van der Waals surface area contributed by atoms with Gasteiger partial charge in [-0.25, -0.2) is 4.79 Å². The van der Waals surface area contributed by atoms with Gasteiger partial charge in [0.1, 0.15) is 29.8 Å². The van der Waals surface area contributed by atoms with Gasteiger partial charge in [0.15, 0.2) is 0 Å². The third-order valence-corrected chi connectivity index (χ3v) is 11.5. The average Bonchev–Trinajstić information content (AvgIpc) is 3.90. The number of hydrogen-bond acceptors (Lipinski definition) is 7. The fourth-order valence-corrected chi connectivity index (χ4v) is 8.73. The maximum atomic E-state index is 13.2. The zero-order valence-corrected chi connectivity index (χ0v) is 28.2. The second-order valence-electron chi connectivity index (χ2n) is 14.5. The van der Waals surface area contributed by atoms with Gasteiger partial charge in [0.2, 0.25) is 0 Å². The van der Waals surface area contributed by atoms with Crippen molar-refractivity contribution in [3.63, 3.8) is 0 Å². The summed E-state index contributed by atoms with van der Waals surface area (Å²) >= 11 is 0. The number of aliphatic hydroxyl groups excluding tert-OH is 1. The summed E-state index contributed by atoms with van der Waals surface area (Å²) in [5.74, 6) is -0.407. The van der Waals surface area contributed by atoms with Gasteiger partial charge in [0.25, 0.3) is 0 Å². The van der Waals surface area contributed by atoms with Gasteiger partial charge in [-0.15, -0.1) is 0 Å². The number of aliphatic hydroxyl groups is 2. The molecule has 3 saturated heterocycles. The van der Waals surface area contributed by atoms with Crippen LogP contribution in [0.25, 0.3) is 0 Å². The highest BCUT2D eigenvalue weighted by Crippen LogP contribution is 2.49. The normalized spacial score (nSPS) is 28.9. The Labute approximate surface area is 289 Å². The molecule has 0 radical (unpaired) electrons. The van der Waals surface area contributed by atoms with E-state index in [1.165, 1.54) is 0 Å². The molecule has 3 aliphatic heterocycles. The summed E-state index contributed by atoms with van der Waals surface area (Å²) < 4.78 is 12.0. The topological polar surface area (TPSA) is 124 Å². The molecule has 9 nitrogen and oxygen atoms in total. The summed E-state index contributed by atoms with van der Waals surface area (Å²) in [5.41, 5.74) is 0.869. The minimum atomic E-state index is -1.37. The van der Waals surface area contributed by atoms with Crippen molar-refractivity contribution in [2.75, 3.05) is 13.2 Å². The third kappa shape index (κ3) is 7.13. The Morgan fingerprint density at radius 2 is 1.43 bits per heavy atom. The van der Waals surface area contributed by atoms with Crippen LogP contribution in [0.3, 0.4) is 0 Å². The fourth-order valence-electron chi connectivity index (χ4n) is 8.73. The number of hydrogen-bond donors (Lipinski definition) is 4. The molecule has 3 heterocycles. The number of nitrogens with zero attached hydrogens (tertiary/aromatic N) is 1. The number of urea groups is 1. The van der Waals surface area contributed by atoms with E-state index in [-0.39, 0.29) is 55.0 Å². The van der Waals surface area contributed by atoms with Gasteiger partial charge in [-0.3, -0.25) is 9.69 Å². The van der Waals surface area contributed by atoms with Crippen LogP contribution in [0.15, 0.2) is 91.0 Å². The Bertz CT molecular complexity index is 1490. The molecule has 4 fully saturated rings. The predicted molar refractivity (Wildman–Crippen MR) is 186 cm³/mol. The Morgan fingerprint density at radius 1 is 0.878 bits per heavy atom. The molecule has 3 aromatic rings. The number of esters is 1. The predicted octanol–water partition coefficient (Wildman–Crippen LogP) is 4.86. The molecule has 4 N–H and O–H groups in total. The number of amides is 2. The van der Waals surface area contributed by atoms with Crippen LogP contribution in [-0.2, 0) is 19.9 Å². The number of rotatable bonds is 12. The van der Waals surface area contributed by atoms with E-state index < -0.39 is 17.6 Å². The van der Waals surface area contributed by atoms with Gasteiger partial charge in [-0.2, -0.15) is 0 Å². The first-order chi connectivity index (χ1) is 23.8. The molecule has 4 aliphatic rings. The number of carbonyl (C=O) groups is 2. The van der Waals surface area contributed by atoms with Crippen LogP contribution in [0.4, 0.5) is 4.79 Å². The Balaban J connectivity index is 0.867. The quantitative estimate of drug-likeness (QED) is 0.161. The molecule has 49 heavy (non-hydrogen) atoms. The molecular weight excluding hydrogens is 618 g/mol. The molecule has 7 rings (SSSR count). The second-order valence-corrected chi connectivity index (χ2v) is 14.5. The number of ether oxygens (including phenoxy) is 2. The molecule has 3 aromatic carbocycles. The van der Waals surface area contributed by atoms with Crippen LogP contribution in [0.1, 0.15) is 74.5 Å². The lowest BCUT2D eigenvalue weighted by molar-refractivity contribution is -0.157. The van der Waals surface area contributed by atoms with Crippen LogP contribution in [0.5, 0.6) is 0 Å². The minimum absolute atomic E-state index is 0.103. The summed E-state index contributed by atoms with van der Waals surface area (Å²) in [7, 11) is 0. The molecule has 2 bridgehead atoms. The van der Waals surface area contributed by atoms with E-state index in [1.54, 1.807) is 0 Å². The van der Waals surface area contributed by atoms with Gasteiger partial charge < -0.3 is 30.3 Å². The molecule has 6 atom stereocenters. The Hall–Kier alpha value is -3.76. The highest BCUT2D eigenvalue weighted by atomic mass is 16.6. The van der Waals surface area contributed by atoms with Gasteiger partial charge in [0, 0.05) is 31.0 Å². The lowest BCUT2D eigenvalue weighted by Gasteiger charge is -2.41. The van der Waals surface area contributed by atoms with E-state index in [1.807, 2.05) is 97.9 Å². The summed E-state index contributed by atoms with van der Waals surface area (Å²) in [6.07, 6.45) is 6.95. The van der Waals surface area contributed by atoms with Crippen molar-refractivity contribution in [1.29, 1.82) is 0 Å². The van der Waals surface area contributed by atoms with Gasteiger partial charge in [-0.1, -0.05) is 91.0 Å². The summed E-state index contributed by atoms with van der Waals surface area (Å²) in [4.78, 5) is 28.8. The number of fused-ring (bicyclic) bond motifs is 5. The fraction of sp³-hybridized carbons (Fsp3) is 0.500. The van der Waals surface area contributed by atoms with Crippen molar-refractivity contribution in [2.45, 2.75) is 106 Å². The largest absolute Gasteiger partial charge is 0.462 e. The first-order valence-corrected chi connectivity index (χ1v) is 18.0. The van der Waals surface area contributed by atoms with Crippen molar-refractivity contribution >= 4 is 12.0 Å². The molecule has 2 amide bonds. The number of benzene rings is 3. The number of epoxide rings is 1. The molecule has 1 saturated carbocycles. The van der Waals surface area contributed by atoms with Crippen LogP contribution in [0, 0.1) is 5.92 Å². The second kappa shape index (κ2) is 14.6. The monoisotopic (exact) mass is 667 g/mol. The first kappa shape index (κ1) is 33.7. The van der Waals surface area contributed by atoms with Crippen molar-refractivity contribution in [2.24, 2.45) is 5.92 Å². The number of piperidine rings is 1. The molecule has 0 spiro atoms. The zero-order chi connectivity index (χ0) is 34.0. The van der Waals surface area contributed by atoms with Crippen molar-refractivity contribution in [3.05, 3.63) is 108 Å². The van der Waals surface area contributed by atoms with Crippen molar-refractivity contribution < 1.29 is 29.3 Å². The van der Waals surface area contributed by atoms with E-state index >= 15 is 0 Å². The molecule has 260 valence electrons. The number of morpholine rings is 1. The van der Waals surface area contributed by atoms with E-state index in [4.69, 9.17) is 9.47 Å². The maximum Gasteiger partial charge on any atom is 0.316 e. The van der Waals surface area contributed by atoms with Gasteiger partial charge in [-0.05, 0) is 68.2 Å². The van der Waals surface area contributed by atoms with E-state index in [0.717, 1.165) is 68.2 Å². The summed E-state index contributed by atoms with van der Waals surface area (Å²) in [6, 6.07) is 28.2. The lowest BCUT2D eigenvalue weighted by atomic mass is 9.81. The van der Waals surface area contributed by atoms with E-state index in [9.17, 15) is 19.8 Å². The van der Waals surface area contributed by atoms with E-state index in [0.29, 0.717) is 5.92 Å². The van der Waals surface area contributed by atoms with Gasteiger partial charge >= 0.3 is 12.0 Å². The molecule has 9 heteroatoms. The third-order valence-electron chi connectivity index (χ3n) is 11.5. The van der Waals surface area contributed by atoms with Crippen LogP contribution in [0.2, 0.25) is 0 Å². The van der Waals surface area contributed by atoms with Crippen LogP contribution >= 0.6 is 0 Å². The maximum absolute atomic E-state index is 13.2. The smallest absolute Gasteiger partial charge is 0.316 e. The summed E-state index contributed by atoms with van der Waals surface area (Å²) in [5, 5.41) is 28.1.